The van der Waals surface area contributed by atoms with Crippen LogP contribution in [0.4, 0.5) is 10.1 Å². The van der Waals surface area contributed by atoms with Gasteiger partial charge in [0.1, 0.15) is 18.1 Å². The molecule has 6 nitrogen and oxygen atoms in total. The van der Waals surface area contributed by atoms with E-state index < -0.39 is 11.9 Å². The van der Waals surface area contributed by atoms with Gasteiger partial charge < -0.3 is 10.4 Å². The molecule has 7 heteroatoms. The van der Waals surface area contributed by atoms with Crippen LogP contribution in [0.2, 0.25) is 0 Å². The Labute approximate surface area is 115 Å². The lowest BCUT2D eigenvalue weighted by Gasteiger charge is -2.05. The summed E-state index contributed by atoms with van der Waals surface area (Å²) in [5, 5.41) is 19.7. The van der Waals surface area contributed by atoms with Crippen LogP contribution in [0.15, 0.2) is 30.5 Å². The SMILES string of the molecule is CCC(O)c1cn(CC(=O)Nc2cccc(F)c2)nn1. The number of carbonyl (C=O) groups is 1. The molecule has 0 radical (unpaired) electrons. The molecule has 0 fully saturated rings. The molecule has 1 aromatic heterocycles. The zero-order chi connectivity index (χ0) is 14.5. The molecule has 106 valence electrons. The summed E-state index contributed by atoms with van der Waals surface area (Å²) in [6.45, 7) is 1.76. The molecule has 2 aromatic rings. The van der Waals surface area contributed by atoms with Crippen molar-refractivity contribution in [3.8, 4) is 0 Å². The molecule has 1 amide bonds. The highest BCUT2D eigenvalue weighted by Crippen LogP contribution is 2.12. The van der Waals surface area contributed by atoms with E-state index in [1.807, 2.05) is 6.92 Å². The van der Waals surface area contributed by atoms with Crippen LogP contribution in [0.3, 0.4) is 0 Å². The second-order valence-electron chi connectivity index (χ2n) is 4.32. The zero-order valence-corrected chi connectivity index (χ0v) is 11.0. The maximum atomic E-state index is 13.0. The van der Waals surface area contributed by atoms with Crippen LogP contribution < -0.4 is 5.32 Å². The van der Waals surface area contributed by atoms with Crippen LogP contribution in [-0.2, 0) is 11.3 Å². The molecule has 0 bridgehead atoms. The number of halogens is 1. The molecular formula is C13H15FN4O2. The predicted octanol–water partition coefficient (Wildman–Crippen LogP) is 1.50. The van der Waals surface area contributed by atoms with E-state index in [1.54, 1.807) is 6.07 Å². The van der Waals surface area contributed by atoms with E-state index >= 15 is 0 Å². The fourth-order valence-electron chi connectivity index (χ4n) is 1.67. The second-order valence-corrected chi connectivity index (χ2v) is 4.32. The lowest BCUT2D eigenvalue weighted by atomic mass is 10.2. The van der Waals surface area contributed by atoms with E-state index in [0.717, 1.165) is 0 Å². The van der Waals surface area contributed by atoms with Crippen molar-refractivity contribution < 1.29 is 14.3 Å². The fraction of sp³-hybridized carbons (Fsp3) is 0.308. The number of anilines is 1. The van der Waals surface area contributed by atoms with Crippen molar-refractivity contribution in [1.29, 1.82) is 0 Å². The Morgan fingerprint density at radius 2 is 2.35 bits per heavy atom. The number of benzene rings is 1. The lowest BCUT2D eigenvalue weighted by Crippen LogP contribution is -2.19. The minimum atomic E-state index is -0.685. The van der Waals surface area contributed by atoms with E-state index in [1.165, 1.54) is 29.1 Å². The number of nitrogens with one attached hydrogen (secondary N) is 1. The molecule has 0 spiro atoms. The number of hydrogen-bond acceptors (Lipinski definition) is 4. The molecule has 0 aliphatic rings. The normalized spacial score (nSPS) is 12.2. The van der Waals surface area contributed by atoms with Crippen LogP contribution in [-0.4, -0.2) is 26.0 Å². The maximum absolute atomic E-state index is 13.0. The molecule has 1 unspecified atom stereocenters. The first-order valence-electron chi connectivity index (χ1n) is 6.22. The number of carbonyl (C=O) groups excluding carboxylic acids is 1. The van der Waals surface area contributed by atoms with Crippen molar-refractivity contribution >= 4 is 11.6 Å². The van der Waals surface area contributed by atoms with Gasteiger partial charge in [0.15, 0.2) is 0 Å². The van der Waals surface area contributed by atoms with Gasteiger partial charge in [-0.05, 0) is 24.6 Å². The molecular weight excluding hydrogens is 263 g/mol. The minimum absolute atomic E-state index is 0.0556. The largest absolute Gasteiger partial charge is 0.387 e. The third-order valence-corrected chi connectivity index (χ3v) is 2.70. The first kappa shape index (κ1) is 14.1. The van der Waals surface area contributed by atoms with Gasteiger partial charge in [0.25, 0.3) is 0 Å². The summed E-state index contributed by atoms with van der Waals surface area (Å²) in [6.07, 6.45) is 1.35. The molecule has 1 atom stereocenters. The molecule has 2 N–H and O–H groups in total. The van der Waals surface area contributed by atoms with Crippen molar-refractivity contribution in [3.05, 3.63) is 42.0 Å². The fourth-order valence-corrected chi connectivity index (χ4v) is 1.67. The summed E-state index contributed by atoms with van der Waals surface area (Å²) in [5.74, 6) is -0.769. The first-order chi connectivity index (χ1) is 9.58. The summed E-state index contributed by atoms with van der Waals surface area (Å²) in [5.41, 5.74) is 0.801. The Morgan fingerprint density at radius 1 is 1.55 bits per heavy atom. The van der Waals surface area contributed by atoms with Crippen molar-refractivity contribution in [1.82, 2.24) is 15.0 Å². The molecule has 1 aromatic carbocycles. The topological polar surface area (TPSA) is 80.0 Å². The van der Waals surface area contributed by atoms with E-state index in [-0.39, 0.29) is 12.5 Å². The Bertz CT molecular complexity index is 600. The third kappa shape index (κ3) is 3.61. The Kier molecular flexibility index (Phi) is 4.41. The maximum Gasteiger partial charge on any atom is 0.246 e. The highest BCUT2D eigenvalue weighted by molar-refractivity contribution is 5.90. The van der Waals surface area contributed by atoms with Gasteiger partial charge in [0.05, 0.1) is 12.3 Å². The summed E-state index contributed by atoms with van der Waals surface area (Å²) >= 11 is 0. The Morgan fingerprint density at radius 3 is 3.05 bits per heavy atom. The van der Waals surface area contributed by atoms with Gasteiger partial charge in [-0.25, -0.2) is 9.07 Å². The first-order valence-corrected chi connectivity index (χ1v) is 6.22. The van der Waals surface area contributed by atoms with Gasteiger partial charge >= 0.3 is 0 Å². The summed E-state index contributed by atoms with van der Waals surface area (Å²) in [6, 6.07) is 5.63. The lowest BCUT2D eigenvalue weighted by molar-refractivity contribution is -0.116. The van der Waals surface area contributed by atoms with Crippen molar-refractivity contribution in [2.24, 2.45) is 0 Å². The molecule has 0 aliphatic carbocycles. The van der Waals surface area contributed by atoms with Crippen LogP contribution in [0.1, 0.15) is 25.1 Å². The zero-order valence-electron chi connectivity index (χ0n) is 11.0. The Hall–Kier alpha value is -2.28. The van der Waals surface area contributed by atoms with E-state index in [9.17, 15) is 14.3 Å². The molecule has 2 rings (SSSR count). The molecule has 0 saturated heterocycles. The highest BCUT2D eigenvalue weighted by atomic mass is 19.1. The number of hydrogen-bond donors (Lipinski definition) is 2. The van der Waals surface area contributed by atoms with E-state index in [4.69, 9.17) is 0 Å². The summed E-state index contributed by atoms with van der Waals surface area (Å²) in [4.78, 5) is 11.8. The van der Waals surface area contributed by atoms with Crippen LogP contribution in [0.5, 0.6) is 0 Å². The molecule has 1 heterocycles. The molecule has 0 aliphatic heterocycles. The predicted molar refractivity (Wildman–Crippen MR) is 70.3 cm³/mol. The average molecular weight is 278 g/mol. The van der Waals surface area contributed by atoms with Crippen molar-refractivity contribution in [2.45, 2.75) is 26.0 Å². The number of aliphatic hydroxyl groups excluding tert-OH is 1. The van der Waals surface area contributed by atoms with Gasteiger partial charge in [0, 0.05) is 5.69 Å². The van der Waals surface area contributed by atoms with Crippen LogP contribution >= 0.6 is 0 Å². The summed E-state index contributed by atoms with van der Waals surface area (Å²) in [7, 11) is 0. The second kappa shape index (κ2) is 6.25. The third-order valence-electron chi connectivity index (χ3n) is 2.70. The smallest absolute Gasteiger partial charge is 0.246 e. The van der Waals surface area contributed by atoms with Gasteiger partial charge in [-0.1, -0.05) is 18.2 Å². The standard InChI is InChI=1S/C13H15FN4O2/c1-2-12(19)11-7-18(17-16-11)8-13(20)15-10-5-3-4-9(14)6-10/h3-7,12,19H,2,8H2,1H3,(H,15,20). The number of nitrogens with zero attached hydrogens (tertiary/aromatic N) is 3. The van der Waals surface area contributed by atoms with Crippen LogP contribution in [0, 0.1) is 5.82 Å². The van der Waals surface area contributed by atoms with Crippen molar-refractivity contribution in [2.75, 3.05) is 5.32 Å². The van der Waals surface area contributed by atoms with Crippen LogP contribution in [0.25, 0.3) is 0 Å². The monoisotopic (exact) mass is 278 g/mol. The average Bonchev–Trinajstić information content (AvgIpc) is 2.86. The van der Waals surface area contributed by atoms with Gasteiger partial charge in [-0.3, -0.25) is 4.79 Å². The number of rotatable bonds is 5. The number of amides is 1. The van der Waals surface area contributed by atoms with E-state index in [0.29, 0.717) is 17.8 Å². The Balaban J connectivity index is 1.96. The molecule has 20 heavy (non-hydrogen) atoms. The number of aliphatic hydroxyl groups is 1. The number of aromatic nitrogens is 3. The van der Waals surface area contributed by atoms with Gasteiger partial charge in [-0.2, -0.15) is 0 Å². The van der Waals surface area contributed by atoms with Gasteiger partial charge in [-0.15, -0.1) is 5.10 Å². The van der Waals surface area contributed by atoms with Gasteiger partial charge in [0.2, 0.25) is 5.91 Å². The highest BCUT2D eigenvalue weighted by Gasteiger charge is 2.11. The van der Waals surface area contributed by atoms with Crippen molar-refractivity contribution in [3.63, 3.8) is 0 Å². The minimum Gasteiger partial charge on any atom is -0.387 e. The quantitative estimate of drug-likeness (QED) is 0.868. The molecule has 0 saturated carbocycles. The van der Waals surface area contributed by atoms with E-state index in [2.05, 4.69) is 15.6 Å². The summed E-state index contributed by atoms with van der Waals surface area (Å²) < 4.78 is 14.3.